The topological polar surface area (TPSA) is 80.0 Å². The lowest BCUT2D eigenvalue weighted by Gasteiger charge is -2.35. The van der Waals surface area contributed by atoms with E-state index in [2.05, 4.69) is 29.9 Å². The fraction of sp³-hybridized carbons (Fsp3) is 0.350. The molecule has 28 heavy (non-hydrogen) atoms. The third kappa shape index (κ3) is 4.07. The van der Waals surface area contributed by atoms with E-state index in [0.29, 0.717) is 6.54 Å². The van der Waals surface area contributed by atoms with Crippen molar-refractivity contribution in [1.82, 2.24) is 29.6 Å². The van der Waals surface area contributed by atoms with Gasteiger partial charge in [-0.3, -0.25) is 19.7 Å². The van der Waals surface area contributed by atoms with Crippen molar-refractivity contribution in [1.29, 1.82) is 0 Å². The average molecular weight is 377 g/mol. The van der Waals surface area contributed by atoms with Crippen LogP contribution in [0.2, 0.25) is 0 Å². The Hall–Kier alpha value is -3.13. The third-order valence-electron chi connectivity index (χ3n) is 5.00. The van der Waals surface area contributed by atoms with E-state index in [1.807, 2.05) is 19.1 Å². The highest BCUT2D eigenvalue weighted by atomic mass is 16.1. The van der Waals surface area contributed by atoms with Crippen molar-refractivity contribution in [3.8, 4) is 11.3 Å². The second-order valence-corrected chi connectivity index (χ2v) is 6.81. The monoisotopic (exact) mass is 377 g/mol. The molecule has 144 valence electrons. The van der Waals surface area contributed by atoms with E-state index in [1.165, 1.54) is 0 Å². The number of aryl methyl sites for hydroxylation is 1. The van der Waals surface area contributed by atoms with Crippen LogP contribution in [0.1, 0.15) is 5.69 Å². The van der Waals surface area contributed by atoms with Crippen molar-refractivity contribution < 1.29 is 0 Å². The number of rotatable bonds is 5. The first kappa shape index (κ1) is 18.2. The van der Waals surface area contributed by atoms with Crippen LogP contribution < -0.4 is 10.5 Å². The van der Waals surface area contributed by atoms with Crippen molar-refractivity contribution in [3.05, 3.63) is 65.1 Å². The molecule has 0 unspecified atom stereocenters. The molecule has 4 heterocycles. The normalized spacial score (nSPS) is 15.0. The highest BCUT2D eigenvalue weighted by Gasteiger charge is 2.19. The van der Waals surface area contributed by atoms with Gasteiger partial charge in [0.1, 0.15) is 5.82 Å². The molecule has 0 aromatic carbocycles. The van der Waals surface area contributed by atoms with E-state index in [-0.39, 0.29) is 5.56 Å². The quantitative estimate of drug-likeness (QED) is 0.661. The lowest BCUT2D eigenvalue weighted by molar-refractivity contribution is 0.242. The highest BCUT2D eigenvalue weighted by Crippen LogP contribution is 2.16. The third-order valence-corrected chi connectivity index (χ3v) is 5.00. The minimum Gasteiger partial charge on any atom is -0.353 e. The molecule has 0 N–H and O–H groups in total. The van der Waals surface area contributed by atoms with Crippen LogP contribution in [-0.2, 0) is 6.54 Å². The SMILES string of the molecule is Cc1nccnc1N1CCN(CCn2nc(-c3ccncc3)ccc2=O)CC1. The molecule has 0 atom stereocenters. The number of aromatic nitrogens is 5. The van der Waals surface area contributed by atoms with Crippen LogP contribution in [0.25, 0.3) is 11.3 Å². The number of pyridine rings is 1. The predicted molar refractivity (Wildman–Crippen MR) is 107 cm³/mol. The molecule has 3 aromatic rings. The van der Waals surface area contributed by atoms with Gasteiger partial charge in [0.2, 0.25) is 0 Å². The second-order valence-electron chi connectivity index (χ2n) is 6.81. The zero-order chi connectivity index (χ0) is 19.3. The zero-order valence-corrected chi connectivity index (χ0v) is 15.9. The standard InChI is InChI=1S/C20H23N7O/c1-16-20(23-9-8-22-16)26-13-10-25(11-14-26)12-15-27-19(28)3-2-18(24-27)17-4-6-21-7-5-17/h2-9H,10-15H2,1H3. The smallest absolute Gasteiger partial charge is 0.266 e. The fourth-order valence-electron chi connectivity index (χ4n) is 3.42. The molecule has 0 radical (unpaired) electrons. The Kier molecular flexibility index (Phi) is 5.38. The van der Waals surface area contributed by atoms with Gasteiger partial charge in [-0.15, -0.1) is 0 Å². The lowest BCUT2D eigenvalue weighted by atomic mass is 10.2. The summed E-state index contributed by atoms with van der Waals surface area (Å²) in [5.41, 5.74) is 2.62. The van der Waals surface area contributed by atoms with Gasteiger partial charge >= 0.3 is 0 Å². The van der Waals surface area contributed by atoms with E-state index in [9.17, 15) is 4.79 Å². The maximum Gasteiger partial charge on any atom is 0.266 e. The van der Waals surface area contributed by atoms with Gasteiger partial charge in [-0.1, -0.05) is 0 Å². The Morgan fingerprint density at radius 3 is 2.39 bits per heavy atom. The van der Waals surface area contributed by atoms with Gasteiger partial charge < -0.3 is 4.90 Å². The van der Waals surface area contributed by atoms with Crippen molar-refractivity contribution in [2.75, 3.05) is 37.6 Å². The van der Waals surface area contributed by atoms with Gasteiger partial charge in [0.25, 0.3) is 5.56 Å². The first-order valence-corrected chi connectivity index (χ1v) is 9.44. The van der Waals surface area contributed by atoms with Crippen LogP contribution in [0.5, 0.6) is 0 Å². The molecule has 1 aliphatic rings. The van der Waals surface area contributed by atoms with E-state index in [0.717, 1.165) is 55.5 Å². The fourth-order valence-corrected chi connectivity index (χ4v) is 3.42. The van der Waals surface area contributed by atoms with E-state index in [4.69, 9.17) is 0 Å². The summed E-state index contributed by atoms with van der Waals surface area (Å²) in [6.07, 6.45) is 6.91. The van der Waals surface area contributed by atoms with Gasteiger partial charge in [0.05, 0.1) is 17.9 Å². The Morgan fingerprint density at radius 2 is 1.64 bits per heavy atom. The van der Waals surface area contributed by atoms with Crippen LogP contribution in [-0.4, -0.2) is 62.4 Å². The maximum atomic E-state index is 12.2. The van der Waals surface area contributed by atoms with Gasteiger partial charge in [-0.2, -0.15) is 5.10 Å². The maximum absolute atomic E-state index is 12.2. The van der Waals surface area contributed by atoms with E-state index >= 15 is 0 Å². The summed E-state index contributed by atoms with van der Waals surface area (Å²) in [5, 5.41) is 4.52. The van der Waals surface area contributed by atoms with Crippen molar-refractivity contribution >= 4 is 5.82 Å². The summed E-state index contributed by atoms with van der Waals surface area (Å²) in [5.74, 6) is 0.963. The van der Waals surface area contributed by atoms with Crippen LogP contribution in [0.3, 0.4) is 0 Å². The summed E-state index contributed by atoms with van der Waals surface area (Å²) < 4.78 is 1.55. The summed E-state index contributed by atoms with van der Waals surface area (Å²) >= 11 is 0. The van der Waals surface area contributed by atoms with Crippen LogP contribution >= 0.6 is 0 Å². The Bertz CT molecular complexity index is 981. The first-order chi connectivity index (χ1) is 13.7. The molecule has 1 fully saturated rings. The van der Waals surface area contributed by atoms with Crippen LogP contribution in [0, 0.1) is 6.92 Å². The average Bonchev–Trinajstić information content (AvgIpc) is 2.75. The highest BCUT2D eigenvalue weighted by molar-refractivity contribution is 5.57. The predicted octanol–water partition coefficient (Wildman–Crippen LogP) is 1.23. The van der Waals surface area contributed by atoms with Gasteiger partial charge in [0.15, 0.2) is 0 Å². The summed E-state index contributed by atoms with van der Waals surface area (Å²) in [6.45, 7) is 7.01. The van der Waals surface area contributed by atoms with Gasteiger partial charge in [-0.25, -0.2) is 9.67 Å². The number of anilines is 1. The molecule has 8 nitrogen and oxygen atoms in total. The lowest BCUT2D eigenvalue weighted by Crippen LogP contribution is -2.48. The number of nitrogens with zero attached hydrogens (tertiary/aromatic N) is 7. The Balaban J connectivity index is 1.37. The Morgan fingerprint density at radius 1 is 0.893 bits per heavy atom. The zero-order valence-electron chi connectivity index (χ0n) is 15.9. The molecule has 1 aliphatic heterocycles. The minimum absolute atomic E-state index is 0.0772. The Labute approximate surface area is 163 Å². The largest absolute Gasteiger partial charge is 0.353 e. The van der Waals surface area contributed by atoms with Crippen molar-refractivity contribution in [3.63, 3.8) is 0 Å². The first-order valence-electron chi connectivity index (χ1n) is 9.44. The molecule has 0 aliphatic carbocycles. The molecule has 4 rings (SSSR count). The van der Waals surface area contributed by atoms with Crippen LogP contribution in [0.4, 0.5) is 5.82 Å². The molecule has 1 saturated heterocycles. The van der Waals surface area contributed by atoms with Gasteiger partial charge in [-0.05, 0) is 25.1 Å². The summed E-state index contributed by atoms with van der Waals surface area (Å²) in [7, 11) is 0. The van der Waals surface area contributed by atoms with Crippen molar-refractivity contribution in [2.45, 2.75) is 13.5 Å². The molecule has 0 bridgehead atoms. The molecule has 8 heteroatoms. The molecule has 0 amide bonds. The summed E-state index contributed by atoms with van der Waals surface area (Å²) in [6, 6.07) is 7.13. The number of piperazine rings is 1. The molecule has 3 aromatic heterocycles. The van der Waals surface area contributed by atoms with E-state index in [1.54, 1.807) is 41.6 Å². The van der Waals surface area contributed by atoms with Crippen LogP contribution in [0.15, 0.2) is 53.8 Å². The number of hydrogen-bond acceptors (Lipinski definition) is 7. The van der Waals surface area contributed by atoms with Crippen molar-refractivity contribution in [2.24, 2.45) is 0 Å². The van der Waals surface area contributed by atoms with Gasteiger partial charge in [0, 0.05) is 69.1 Å². The van der Waals surface area contributed by atoms with E-state index < -0.39 is 0 Å². The number of hydrogen-bond donors (Lipinski definition) is 0. The second kappa shape index (κ2) is 8.26. The molecule has 0 spiro atoms. The minimum atomic E-state index is -0.0772. The molecular weight excluding hydrogens is 354 g/mol. The summed E-state index contributed by atoms with van der Waals surface area (Å²) in [4.78, 5) is 29.6. The molecular formula is C20H23N7O. The molecule has 0 saturated carbocycles.